The first-order chi connectivity index (χ1) is 10.2. The molecule has 1 atom stereocenters. The number of amides is 1. The lowest BCUT2D eigenvalue weighted by atomic mass is 10.1. The number of fused-ring (bicyclic) bond motifs is 1. The van der Waals surface area contributed by atoms with E-state index in [1.807, 2.05) is 26.0 Å². The fourth-order valence-corrected chi connectivity index (χ4v) is 3.82. The van der Waals surface area contributed by atoms with Gasteiger partial charge in [0.05, 0.1) is 22.0 Å². The summed E-state index contributed by atoms with van der Waals surface area (Å²) in [6.07, 6.45) is 1.21. The van der Waals surface area contributed by atoms with E-state index >= 15 is 0 Å². The van der Waals surface area contributed by atoms with Crippen molar-refractivity contribution in [2.45, 2.75) is 26.3 Å². The fraction of sp³-hybridized carbons (Fsp3) is 0.429. The zero-order valence-corrected chi connectivity index (χ0v) is 15.6. The molecule has 0 aliphatic heterocycles. The Morgan fingerprint density at radius 3 is 2.65 bits per heavy atom. The Kier molecular flexibility index (Phi) is 6.52. The molecule has 23 heavy (non-hydrogen) atoms. The van der Waals surface area contributed by atoms with Gasteiger partial charge < -0.3 is 11.1 Å². The van der Waals surface area contributed by atoms with Crippen molar-refractivity contribution >= 4 is 54.8 Å². The third-order valence-electron chi connectivity index (χ3n) is 3.20. The number of nitrogens with one attached hydrogen (secondary N) is 1. The van der Waals surface area contributed by atoms with Crippen LogP contribution in [0.5, 0.6) is 0 Å². The van der Waals surface area contributed by atoms with Crippen molar-refractivity contribution < 1.29 is 13.2 Å². The summed E-state index contributed by atoms with van der Waals surface area (Å²) in [7, 11) is -3.13. The Morgan fingerprint density at radius 2 is 2.04 bits per heavy atom. The number of aryl methyl sites for hydroxylation is 2. The maximum Gasteiger partial charge on any atom is 0.243 e. The van der Waals surface area contributed by atoms with Gasteiger partial charge in [0, 0.05) is 6.26 Å². The van der Waals surface area contributed by atoms with Gasteiger partial charge in [0.2, 0.25) is 5.91 Å². The lowest BCUT2D eigenvalue weighted by Gasteiger charge is -2.09. The molecule has 6 nitrogen and oxygen atoms in total. The number of rotatable bonds is 5. The summed E-state index contributed by atoms with van der Waals surface area (Å²) >= 11 is 1.38. The monoisotopic (exact) mass is 377 g/mol. The second kappa shape index (κ2) is 7.57. The number of nitrogens with zero attached hydrogens (tertiary/aromatic N) is 1. The standard InChI is InChI=1S/C14H19N3O3S2.ClH/c1-8-6-9(2)12-11(7-8)21-14(16-12)17-13(18)10(15)4-5-22(3,19)20;/h6-7,10H,4-5,15H2,1-3H3,(H,16,17,18);1H. The molecule has 0 aliphatic carbocycles. The van der Waals surface area contributed by atoms with Gasteiger partial charge >= 0.3 is 0 Å². The lowest BCUT2D eigenvalue weighted by Crippen LogP contribution is -2.37. The molecule has 0 saturated heterocycles. The number of thiazole rings is 1. The van der Waals surface area contributed by atoms with E-state index in [1.165, 1.54) is 11.3 Å². The molecule has 0 saturated carbocycles. The summed E-state index contributed by atoms with van der Waals surface area (Å²) in [6.45, 7) is 3.98. The quantitative estimate of drug-likeness (QED) is 0.829. The van der Waals surface area contributed by atoms with E-state index in [0.29, 0.717) is 5.13 Å². The van der Waals surface area contributed by atoms with Crippen LogP contribution in [0.2, 0.25) is 0 Å². The number of hydrogen-bond acceptors (Lipinski definition) is 6. The van der Waals surface area contributed by atoms with Crippen LogP contribution in [0.25, 0.3) is 10.2 Å². The molecular formula is C14H20ClN3O3S2. The Balaban J connectivity index is 0.00000264. The van der Waals surface area contributed by atoms with E-state index in [4.69, 9.17) is 5.73 Å². The van der Waals surface area contributed by atoms with E-state index < -0.39 is 21.8 Å². The van der Waals surface area contributed by atoms with Crippen molar-refractivity contribution in [2.75, 3.05) is 17.3 Å². The van der Waals surface area contributed by atoms with Crippen molar-refractivity contribution in [2.24, 2.45) is 5.73 Å². The van der Waals surface area contributed by atoms with Gasteiger partial charge in [-0.05, 0) is 37.5 Å². The third kappa shape index (κ3) is 5.42. The summed E-state index contributed by atoms with van der Waals surface area (Å²) in [4.78, 5) is 16.4. The van der Waals surface area contributed by atoms with Crippen molar-refractivity contribution in [1.82, 2.24) is 4.98 Å². The smallest absolute Gasteiger partial charge is 0.243 e. The molecule has 1 unspecified atom stereocenters. The molecule has 2 rings (SSSR count). The van der Waals surface area contributed by atoms with Crippen LogP contribution in [0.4, 0.5) is 5.13 Å². The number of sulfone groups is 1. The van der Waals surface area contributed by atoms with Gasteiger partial charge in [-0.25, -0.2) is 13.4 Å². The van der Waals surface area contributed by atoms with Crippen molar-refractivity contribution in [1.29, 1.82) is 0 Å². The highest BCUT2D eigenvalue weighted by atomic mass is 35.5. The average Bonchev–Trinajstić information content (AvgIpc) is 2.77. The first kappa shape index (κ1) is 19.8. The number of anilines is 1. The first-order valence-electron chi connectivity index (χ1n) is 6.77. The number of aromatic nitrogens is 1. The molecule has 0 aliphatic rings. The second-order valence-corrected chi connectivity index (χ2v) is 8.75. The number of nitrogens with two attached hydrogens (primary N) is 1. The molecule has 1 aromatic heterocycles. The summed E-state index contributed by atoms with van der Waals surface area (Å²) in [5, 5.41) is 3.14. The zero-order valence-electron chi connectivity index (χ0n) is 13.1. The number of halogens is 1. The van der Waals surface area contributed by atoms with Crippen molar-refractivity contribution in [3.63, 3.8) is 0 Å². The highest BCUT2D eigenvalue weighted by Gasteiger charge is 2.18. The molecule has 2 aromatic rings. The SMILES string of the molecule is Cc1cc(C)c2nc(NC(=O)C(N)CCS(C)(=O)=O)sc2c1.Cl. The molecule has 9 heteroatoms. The minimum absolute atomic E-state index is 0. The maximum atomic E-state index is 12.0. The van der Waals surface area contributed by atoms with E-state index in [0.717, 1.165) is 27.6 Å². The Morgan fingerprint density at radius 1 is 1.39 bits per heavy atom. The second-order valence-electron chi connectivity index (χ2n) is 5.46. The Hall–Kier alpha value is -1.22. The number of carbonyl (C=O) groups excluding carboxylic acids is 1. The van der Waals surface area contributed by atoms with Crippen LogP contribution in [-0.4, -0.2) is 37.4 Å². The Bertz CT molecular complexity index is 818. The molecule has 0 radical (unpaired) electrons. The summed E-state index contributed by atoms with van der Waals surface area (Å²) in [6, 6.07) is 3.18. The fourth-order valence-electron chi connectivity index (χ4n) is 2.09. The van der Waals surface area contributed by atoms with Gasteiger partial charge in [-0.1, -0.05) is 17.4 Å². The van der Waals surface area contributed by atoms with E-state index in [2.05, 4.69) is 10.3 Å². The van der Waals surface area contributed by atoms with Crippen molar-refractivity contribution in [3.8, 4) is 0 Å². The minimum atomic E-state index is -3.13. The normalized spacial score (nSPS) is 12.7. The minimum Gasteiger partial charge on any atom is -0.320 e. The van der Waals surface area contributed by atoms with E-state index in [-0.39, 0.29) is 24.6 Å². The maximum absolute atomic E-state index is 12.0. The molecule has 0 spiro atoms. The molecule has 1 aromatic carbocycles. The van der Waals surface area contributed by atoms with Crippen LogP contribution >= 0.6 is 23.7 Å². The average molecular weight is 378 g/mol. The van der Waals surface area contributed by atoms with Crippen molar-refractivity contribution in [3.05, 3.63) is 23.3 Å². The predicted molar refractivity (Wildman–Crippen MR) is 97.3 cm³/mol. The third-order valence-corrected chi connectivity index (χ3v) is 5.09. The molecular weight excluding hydrogens is 358 g/mol. The molecule has 128 valence electrons. The topological polar surface area (TPSA) is 102 Å². The number of hydrogen-bond donors (Lipinski definition) is 2. The Labute approximate surface area is 145 Å². The number of benzene rings is 1. The first-order valence-corrected chi connectivity index (χ1v) is 9.65. The van der Waals surface area contributed by atoms with Crippen LogP contribution in [0.15, 0.2) is 12.1 Å². The predicted octanol–water partition coefficient (Wildman–Crippen LogP) is 2.04. The van der Waals surface area contributed by atoms with Gasteiger partial charge in [0.25, 0.3) is 0 Å². The summed E-state index contributed by atoms with van der Waals surface area (Å²) in [5.41, 5.74) is 8.76. The van der Waals surface area contributed by atoms with E-state index in [1.54, 1.807) is 0 Å². The summed E-state index contributed by atoms with van der Waals surface area (Å²) < 4.78 is 23.2. The zero-order chi connectivity index (χ0) is 16.5. The van der Waals surface area contributed by atoms with Crippen LogP contribution < -0.4 is 11.1 Å². The van der Waals surface area contributed by atoms with Crippen LogP contribution in [-0.2, 0) is 14.6 Å². The molecule has 3 N–H and O–H groups in total. The highest BCUT2D eigenvalue weighted by Crippen LogP contribution is 2.29. The lowest BCUT2D eigenvalue weighted by molar-refractivity contribution is -0.117. The van der Waals surface area contributed by atoms with Crippen LogP contribution in [0.3, 0.4) is 0 Å². The molecule has 0 fully saturated rings. The van der Waals surface area contributed by atoms with Gasteiger partial charge in [-0.15, -0.1) is 12.4 Å². The van der Waals surface area contributed by atoms with Crippen LogP contribution in [0, 0.1) is 13.8 Å². The van der Waals surface area contributed by atoms with Gasteiger partial charge in [-0.3, -0.25) is 4.79 Å². The van der Waals surface area contributed by atoms with Gasteiger partial charge in [0.15, 0.2) is 5.13 Å². The highest BCUT2D eigenvalue weighted by molar-refractivity contribution is 7.90. The van der Waals surface area contributed by atoms with Gasteiger partial charge in [0.1, 0.15) is 9.84 Å². The molecule has 1 heterocycles. The van der Waals surface area contributed by atoms with Crippen LogP contribution in [0.1, 0.15) is 17.5 Å². The number of carbonyl (C=O) groups is 1. The van der Waals surface area contributed by atoms with E-state index in [9.17, 15) is 13.2 Å². The largest absolute Gasteiger partial charge is 0.320 e. The molecule has 0 bridgehead atoms. The van der Waals surface area contributed by atoms with Gasteiger partial charge in [-0.2, -0.15) is 0 Å². The summed E-state index contributed by atoms with van der Waals surface area (Å²) in [5.74, 6) is -0.531. The molecule has 1 amide bonds.